The Morgan fingerprint density at radius 1 is 1.37 bits per heavy atom. The third-order valence-corrected chi connectivity index (χ3v) is 4.39. The van der Waals surface area contributed by atoms with Gasteiger partial charge >= 0.3 is 0 Å². The van der Waals surface area contributed by atoms with E-state index in [1.165, 1.54) is 13.0 Å². The molecule has 0 saturated carbocycles. The van der Waals surface area contributed by atoms with Gasteiger partial charge in [-0.3, -0.25) is 0 Å². The highest BCUT2D eigenvalue weighted by molar-refractivity contribution is 7.89. The quantitative estimate of drug-likeness (QED) is 0.807. The molecule has 0 aliphatic rings. The molecule has 0 amide bonds. The summed E-state index contributed by atoms with van der Waals surface area (Å²) in [6.45, 7) is 4.08. The number of aliphatic hydroxyl groups excluding tert-OH is 1. The van der Waals surface area contributed by atoms with Crippen molar-refractivity contribution in [2.24, 2.45) is 0 Å². The van der Waals surface area contributed by atoms with Gasteiger partial charge in [-0.1, -0.05) is 6.08 Å². The number of rotatable bonds is 6. The standard InChI is InChI=1S/C12H15F2NO3S/c1-3-4-15(5-6-16)19(17,18)12-7-9(2)10(13)8-11(12)14/h3,7-8,16H,1,4-6H2,2H3. The van der Waals surface area contributed by atoms with E-state index in [1.807, 2.05) is 0 Å². The SMILES string of the molecule is C=CCN(CCO)S(=O)(=O)c1cc(C)c(F)cc1F. The second kappa shape index (κ2) is 6.23. The maximum absolute atomic E-state index is 13.6. The van der Waals surface area contributed by atoms with E-state index < -0.39 is 33.2 Å². The van der Waals surface area contributed by atoms with Gasteiger partial charge in [0.25, 0.3) is 0 Å². The molecule has 7 heteroatoms. The third-order valence-electron chi connectivity index (χ3n) is 2.51. The Morgan fingerprint density at radius 3 is 2.53 bits per heavy atom. The van der Waals surface area contributed by atoms with Crippen LogP contribution in [-0.4, -0.2) is 37.5 Å². The van der Waals surface area contributed by atoms with E-state index in [1.54, 1.807) is 0 Å². The van der Waals surface area contributed by atoms with Gasteiger partial charge in [0.1, 0.15) is 16.5 Å². The van der Waals surface area contributed by atoms with Gasteiger partial charge in [-0.05, 0) is 18.6 Å². The van der Waals surface area contributed by atoms with Gasteiger partial charge in [-0.25, -0.2) is 17.2 Å². The summed E-state index contributed by atoms with van der Waals surface area (Å²) in [6.07, 6.45) is 1.32. The average Bonchev–Trinajstić information content (AvgIpc) is 2.33. The first kappa shape index (κ1) is 15.7. The van der Waals surface area contributed by atoms with Crippen LogP contribution >= 0.6 is 0 Å². The van der Waals surface area contributed by atoms with Crippen molar-refractivity contribution in [1.29, 1.82) is 0 Å². The summed E-state index contributed by atoms with van der Waals surface area (Å²) in [4.78, 5) is -0.610. The number of benzene rings is 1. The molecule has 1 rings (SSSR count). The van der Waals surface area contributed by atoms with E-state index in [4.69, 9.17) is 5.11 Å². The maximum Gasteiger partial charge on any atom is 0.246 e. The van der Waals surface area contributed by atoms with Gasteiger partial charge < -0.3 is 5.11 Å². The van der Waals surface area contributed by atoms with Crippen LogP contribution in [0.3, 0.4) is 0 Å². The molecule has 0 bridgehead atoms. The van der Waals surface area contributed by atoms with E-state index in [9.17, 15) is 17.2 Å². The molecule has 0 atom stereocenters. The summed E-state index contributed by atoms with van der Waals surface area (Å²) < 4.78 is 52.0. The second-order valence-corrected chi connectivity index (χ2v) is 5.81. The normalized spacial score (nSPS) is 11.8. The highest BCUT2D eigenvalue weighted by Crippen LogP contribution is 2.22. The summed E-state index contributed by atoms with van der Waals surface area (Å²) in [5.74, 6) is -1.97. The predicted molar refractivity (Wildman–Crippen MR) is 67.1 cm³/mol. The molecule has 1 N–H and O–H groups in total. The Bertz CT molecular complexity index is 573. The second-order valence-electron chi connectivity index (χ2n) is 3.91. The first-order valence-corrected chi connectivity index (χ1v) is 6.96. The van der Waals surface area contributed by atoms with Crippen LogP contribution in [0.5, 0.6) is 0 Å². The molecule has 0 saturated heterocycles. The van der Waals surface area contributed by atoms with Crippen LogP contribution in [0.1, 0.15) is 5.56 Å². The van der Waals surface area contributed by atoms with Crippen LogP contribution in [0.4, 0.5) is 8.78 Å². The Hall–Kier alpha value is -1.31. The number of nitrogens with zero attached hydrogens (tertiary/aromatic N) is 1. The molecule has 106 valence electrons. The molecule has 1 aromatic carbocycles. The topological polar surface area (TPSA) is 57.6 Å². The van der Waals surface area contributed by atoms with Crippen LogP contribution in [-0.2, 0) is 10.0 Å². The Balaban J connectivity index is 3.32. The third kappa shape index (κ3) is 3.37. The molecule has 0 spiro atoms. The fourth-order valence-electron chi connectivity index (χ4n) is 1.53. The molecule has 1 aromatic rings. The van der Waals surface area contributed by atoms with Crippen molar-refractivity contribution in [2.45, 2.75) is 11.8 Å². The molecule has 0 unspecified atom stereocenters. The molecule has 0 heterocycles. The highest BCUT2D eigenvalue weighted by atomic mass is 32.2. The zero-order valence-corrected chi connectivity index (χ0v) is 11.3. The molecule has 0 aliphatic carbocycles. The van der Waals surface area contributed by atoms with Crippen molar-refractivity contribution in [3.8, 4) is 0 Å². The number of hydrogen-bond acceptors (Lipinski definition) is 3. The number of aryl methyl sites for hydroxylation is 1. The lowest BCUT2D eigenvalue weighted by Crippen LogP contribution is -2.34. The zero-order valence-electron chi connectivity index (χ0n) is 10.4. The Kier molecular flexibility index (Phi) is 5.16. The van der Waals surface area contributed by atoms with Crippen LogP contribution in [0.2, 0.25) is 0 Å². The molecule has 19 heavy (non-hydrogen) atoms. The van der Waals surface area contributed by atoms with Crippen molar-refractivity contribution in [1.82, 2.24) is 4.31 Å². The smallest absolute Gasteiger partial charge is 0.246 e. The monoisotopic (exact) mass is 291 g/mol. The largest absolute Gasteiger partial charge is 0.395 e. The van der Waals surface area contributed by atoms with Crippen molar-refractivity contribution in [3.63, 3.8) is 0 Å². The lowest BCUT2D eigenvalue weighted by Gasteiger charge is -2.20. The van der Waals surface area contributed by atoms with Crippen LogP contribution in [0, 0.1) is 18.6 Å². The van der Waals surface area contributed by atoms with E-state index >= 15 is 0 Å². The summed E-state index contributed by atoms with van der Waals surface area (Å²) in [7, 11) is -4.13. The fourth-order valence-corrected chi connectivity index (χ4v) is 3.07. The summed E-state index contributed by atoms with van der Waals surface area (Å²) in [5.41, 5.74) is 0.0301. The van der Waals surface area contributed by atoms with Crippen LogP contribution in [0.15, 0.2) is 29.7 Å². The summed E-state index contributed by atoms with van der Waals surface area (Å²) in [5, 5.41) is 8.85. The molecule has 0 radical (unpaired) electrons. The van der Waals surface area contributed by atoms with E-state index in [2.05, 4.69) is 6.58 Å². The molecule has 0 fully saturated rings. The van der Waals surface area contributed by atoms with E-state index in [0.717, 1.165) is 10.4 Å². The fraction of sp³-hybridized carbons (Fsp3) is 0.333. The summed E-state index contributed by atoms with van der Waals surface area (Å²) in [6, 6.07) is 1.47. The van der Waals surface area contributed by atoms with Crippen LogP contribution < -0.4 is 0 Å². The van der Waals surface area contributed by atoms with Gasteiger partial charge in [0.05, 0.1) is 6.61 Å². The Labute approximate surface area is 111 Å². The van der Waals surface area contributed by atoms with Crippen molar-refractivity contribution < 1.29 is 22.3 Å². The molecule has 0 aliphatic heterocycles. The molecule has 4 nitrogen and oxygen atoms in total. The minimum Gasteiger partial charge on any atom is -0.395 e. The minimum absolute atomic E-state index is 0.0301. The minimum atomic E-state index is -4.13. The average molecular weight is 291 g/mol. The van der Waals surface area contributed by atoms with Crippen molar-refractivity contribution in [3.05, 3.63) is 42.0 Å². The predicted octanol–water partition coefficient (Wildman–Crippen LogP) is 1.44. The van der Waals surface area contributed by atoms with Gasteiger partial charge in [-0.2, -0.15) is 4.31 Å². The lowest BCUT2D eigenvalue weighted by atomic mass is 10.2. The molecular weight excluding hydrogens is 276 g/mol. The van der Waals surface area contributed by atoms with Gasteiger partial charge in [0.2, 0.25) is 10.0 Å². The first-order chi connectivity index (χ1) is 8.84. The number of aliphatic hydroxyl groups is 1. The number of halogens is 2. The van der Waals surface area contributed by atoms with E-state index in [-0.39, 0.29) is 18.7 Å². The van der Waals surface area contributed by atoms with Crippen molar-refractivity contribution >= 4 is 10.0 Å². The zero-order chi connectivity index (χ0) is 14.6. The van der Waals surface area contributed by atoms with Crippen molar-refractivity contribution in [2.75, 3.05) is 19.7 Å². The van der Waals surface area contributed by atoms with Gasteiger partial charge in [-0.15, -0.1) is 6.58 Å². The van der Waals surface area contributed by atoms with Crippen LogP contribution in [0.25, 0.3) is 0 Å². The highest BCUT2D eigenvalue weighted by Gasteiger charge is 2.27. The number of sulfonamides is 1. The Morgan fingerprint density at radius 2 is 2.00 bits per heavy atom. The lowest BCUT2D eigenvalue weighted by molar-refractivity contribution is 0.260. The van der Waals surface area contributed by atoms with Gasteiger partial charge in [0.15, 0.2) is 0 Å². The number of hydrogen-bond donors (Lipinski definition) is 1. The first-order valence-electron chi connectivity index (χ1n) is 5.52. The summed E-state index contributed by atoms with van der Waals surface area (Å²) >= 11 is 0. The van der Waals surface area contributed by atoms with Gasteiger partial charge in [0, 0.05) is 19.2 Å². The van der Waals surface area contributed by atoms with E-state index in [0.29, 0.717) is 6.07 Å². The maximum atomic E-state index is 13.6. The molecular formula is C12H15F2NO3S. The molecule has 0 aromatic heterocycles.